The number of methoxy groups -OCH3 is 1. The predicted molar refractivity (Wildman–Crippen MR) is 103 cm³/mol. The molecule has 0 aliphatic rings. The minimum atomic E-state index is 0.260. The first-order valence-corrected chi connectivity index (χ1v) is 8.14. The lowest BCUT2D eigenvalue weighted by molar-refractivity contribution is 0.277. The Morgan fingerprint density at radius 3 is 2.46 bits per heavy atom. The molecule has 24 heavy (non-hydrogen) atoms. The summed E-state index contributed by atoms with van der Waals surface area (Å²) in [4.78, 5) is 2.21. The first kappa shape index (κ1) is 19.6. The van der Waals surface area contributed by atoms with Crippen molar-refractivity contribution in [2.75, 3.05) is 18.6 Å². The summed E-state index contributed by atoms with van der Waals surface area (Å²) in [5.74, 6) is 1.04. The average Bonchev–Trinajstić information content (AvgIpc) is 2.52. The number of hydrogen-bond acceptors (Lipinski definition) is 3. The molecule has 0 saturated carbocycles. The molecule has 1 N–H and O–H groups in total. The fourth-order valence-corrected chi connectivity index (χ4v) is 2.33. The molecule has 0 bridgehead atoms. The molecule has 0 aromatic heterocycles. The summed E-state index contributed by atoms with van der Waals surface area (Å²) >= 11 is 0. The first-order chi connectivity index (χ1) is 11.3. The Balaban J connectivity index is 3.13. The largest absolute Gasteiger partial charge is 0.508 e. The van der Waals surface area contributed by atoms with Gasteiger partial charge in [0.05, 0.1) is 12.9 Å². The summed E-state index contributed by atoms with van der Waals surface area (Å²) in [6.45, 7) is 14.8. The highest BCUT2D eigenvalue weighted by Gasteiger charge is 2.12. The third-order valence-electron chi connectivity index (χ3n) is 3.60. The zero-order valence-electron chi connectivity index (χ0n) is 15.3. The van der Waals surface area contributed by atoms with E-state index in [2.05, 4.69) is 38.0 Å². The van der Waals surface area contributed by atoms with E-state index in [1.165, 1.54) is 5.57 Å². The van der Waals surface area contributed by atoms with Gasteiger partial charge < -0.3 is 14.7 Å². The summed E-state index contributed by atoms with van der Waals surface area (Å²) in [7, 11) is 1.65. The van der Waals surface area contributed by atoms with Crippen LogP contribution in [0.5, 0.6) is 5.75 Å². The Morgan fingerprint density at radius 1 is 1.21 bits per heavy atom. The van der Waals surface area contributed by atoms with E-state index in [0.29, 0.717) is 0 Å². The van der Waals surface area contributed by atoms with Gasteiger partial charge in [0.2, 0.25) is 0 Å². The van der Waals surface area contributed by atoms with Gasteiger partial charge in [-0.1, -0.05) is 36.4 Å². The number of phenolic OH excluding ortho intramolecular Hbond substituents is 1. The maximum atomic E-state index is 9.84. The fraction of sp³-hybridized carbons (Fsp3) is 0.333. The maximum Gasteiger partial charge on any atom is 0.117 e. The second kappa shape index (κ2) is 9.66. The lowest BCUT2D eigenvalue weighted by atomic mass is 10.1. The van der Waals surface area contributed by atoms with Crippen molar-refractivity contribution in [1.29, 1.82) is 0 Å². The zero-order valence-corrected chi connectivity index (χ0v) is 15.3. The molecule has 0 saturated heterocycles. The second-order valence-corrected chi connectivity index (χ2v) is 6.08. The highest BCUT2D eigenvalue weighted by atomic mass is 16.5. The molecular formula is C21H29NO2. The van der Waals surface area contributed by atoms with Crippen molar-refractivity contribution in [2.24, 2.45) is 0 Å². The molecule has 0 radical (unpaired) electrons. The number of ether oxygens (including phenoxy) is 1. The van der Waals surface area contributed by atoms with E-state index in [-0.39, 0.29) is 5.75 Å². The predicted octanol–water partition coefficient (Wildman–Crippen LogP) is 5.57. The molecule has 0 unspecified atom stereocenters. The second-order valence-electron chi connectivity index (χ2n) is 6.08. The van der Waals surface area contributed by atoms with Gasteiger partial charge in [0.25, 0.3) is 0 Å². The van der Waals surface area contributed by atoms with Gasteiger partial charge in [-0.05, 0) is 45.4 Å². The summed E-state index contributed by atoms with van der Waals surface area (Å²) in [6, 6.07) is 7.32. The molecule has 0 atom stereocenters. The quantitative estimate of drug-likeness (QED) is 0.476. The Bertz CT molecular complexity index is 637. The van der Waals surface area contributed by atoms with Crippen molar-refractivity contribution in [2.45, 2.75) is 33.6 Å². The standard InChI is InChI=1S/C21H29NO2/c1-16(2)12-13-21(17(3)4)22(14-8-9-18(5)24-6)19-10-7-11-20(23)15-19/h7,10-13,15,23H,1,5,8-9,14H2,2-4,6H3/b13-12-. The number of phenols is 1. The number of anilines is 1. The van der Waals surface area contributed by atoms with E-state index in [4.69, 9.17) is 4.74 Å². The van der Waals surface area contributed by atoms with E-state index in [9.17, 15) is 5.11 Å². The normalized spacial score (nSPS) is 10.5. The van der Waals surface area contributed by atoms with Gasteiger partial charge in [-0.2, -0.15) is 0 Å². The van der Waals surface area contributed by atoms with Crippen LogP contribution in [0.2, 0.25) is 0 Å². The van der Waals surface area contributed by atoms with Crippen LogP contribution in [0.15, 0.2) is 72.2 Å². The number of allylic oxidation sites excluding steroid dienone is 5. The van der Waals surface area contributed by atoms with Crippen molar-refractivity contribution in [1.82, 2.24) is 0 Å². The molecule has 130 valence electrons. The summed E-state index contributed by atoms with van der Waals surface area (Å²) in [6.07, 6.45) is 5.78. The molecule has 0 aliphatic heterocycles. The summed E-state index contributed by atoms with van der Waals surface area (Å²) < 4.78 is 5.15. The van der Waals surface area contributed by atoms with Crippen molar-refractivity contribution >= 4 is 5.69 Å². The third kappa shape index (κ3) is 6.37. The Kier molecular flexibility index (Phi) is 7.90. The molecule has 0 fully saturated rings. The van der Waals surface area contributed by atoms with E-state index >= 15 is 0 Å². The van der Waals surface area contributed by atoms with Crippen LogP contribution in [0.1, 0.15) is 33.6 Å². The van der Waals surface area contributed by atoms with E-state index in [0.717, 1.165) is 42.1 Å². The topological polar surface area (TPSA) is 32.7 Å². The highest BCUT2D eigenvalue weighted by molar-refractivity contribution is 5.58. The Morgan fingerprint density at radius 2 is 1.92 bits per heavy atom. The molecule has 0 aliphatic carbocycles. The molecule has 1 aromatic rings. The van der Waals surface area contributed by atoms with Gasteiger partial charge in [-0.25, -0.2) is 0 Å². The first-order valence-electron chi connectivity index (χ1n) is 8.14. The van der Waals surface area contributed by atoms with E-state index in [1.54, 1.807) is 19.2 Å². The van der Waals surface area contributed by atoms with Crippen LogP contribution in [-0.4, -0.2) is 18.8 Å². The average molecular weight is 327 g/mol. The lowest BCUT2D eigenvalue weighted by Crippen LogP contribution is -2.24. The molecule has 1 rings (SSSR count). The van der Waals surface area contributed by atoms with Crippen LogP contribution in [0.3, 0.4) is 0 Å². The molecule has 0 spiro atoms. The highest BCUT2D eigenvalue weighted by Crippen LogP contribution is 2.26. The van der Waals surface area contributed by atoms with Gasteiger partial charge in [0, 0.05) is 30.4 Å². The van der Waals surface area contributed by atoms with Crippen molar-refractivity contribution in [3.8, 4) is 5.75 Å². The van der Waals surface area contributed by atoms with Crippen molar-refractivity contribution in [3.05, 3.63) is 72.2 Å². The van der Waals surface area contributed by atoms with Gasteiger partial charge in [0.1, 0.15) is 5.75 Å². The molecule has 1 aromatic carbocycles. The van der Waals surface area contributed by atoms with Crippen LogP contribution in [0.25, 0.3) is 0 Å². The summed E-state index contributed by atoms with van der Waals surface area (Å²) in [5.41, 5.74) is 4.26. The molecular weight excluding hydrogens is 298 g/mol. The van der Waals surface area contributed by atoms with Gasteiger partial charge >= 0.3 is 0 Å². The van der Waals surface area contributed by atoms with Crippen LogP contribution < -0.4 is 4.90 Å². The lowest BCUT2D eigenvalue weighted by Gasteiger charge is -2.28. The molecule has 0 amide bonds. The van der Waals surface area contributed by atoms with Crippen LogP contribution in [0, 0.1) is 0 Å². The molecule has 3 heteroatoms. The number of hydrogen-bond donors (Lipinski definition) is 1. The molecule has 0 heterocycles. The number of benzene rings is 1. The monoisotopic (exact) mass is 327 g/mol. The molecule has 3 nitrogen and oxygen atoms in total. The smallest absolute Gasteiger partial charge is 0.117 e. The van der Waals surface area contributed by atoms with Gasteiger partial charge in [-0.15, -0.1) is 0 Å². The van der Waals surface area contributed by atoms with Crippen molar-refractivity contribution < 1.29 is 9.84 Å². The SMILES string of the molecule is C=C(C)/C=C\C(=C(C)C)N(CCCC(=C)OC)c1cccc(O)c1. The number of aromatic hydroxyl groups is 1. The van der Waals surface area contributed by atoms with Crippen molar-refractivity contribution in [3.63, 3.8) is 0 Å². The zero-order chi connectivity index (χ0) is 18.1. The Labute approximate surface area is 146 Å². The van der Waals surface area contributed by atoms with E-state index in [1.807, 2.05) is 25.1 Å². The minimum Gasteiger partial charge on any atom is -0.508 e. The van der Waals surface area contributed by atoms with Crippen LogP contribution in [-0.2, 0) is 4.74 Å². The Hall–Kier alpha value is -2.42. The minimum absolute atomic E-state index is 0.260. The number of nitrogens with zero attached hydrogens (tertiary/aromatic N) is 1. The maximum absolute atomic E-state index is 9.84. The fourth-order valence-electron chi connectivity index (χ4n) is 2.33. The van der Waals surface area contributed by atoms with Gasteiger partial charge in [-0.3, -0.25) is 0 Å². The summed E-state index contributed by atoms with van der Waals surface area (Å²) in [5, 5.41) is 9.84. The number of rotatable bonds is 9. The van der Waals surface area contributed by atoms with Crippen LogP contribution >= 0.6 is 0 Å². The third-order valence-corrected chi connectivity index (χ3v) is 3.60. The van der Waals surface area contributed by atoms with E-state index < -0.39 is 0 Å². The van der Waals surface area contributed by atoms with Crippen LogP contribution in [0.4, 0.5) is 5.69 Å². The van der Waals surface area contributed by atoms with Gasteiger partial charge in [0.15, 0.2) is 0 Å².